The maximum absolute atomic E-state index is 12.3. The molecule has 8 heteroatoms. The van der Waals surface area contributed by atoms with Crippen molar-refractivity contribution in [2.45, 2.75) is 13.0 Å². The molecule has 0 spiro atoms. The number of primary amides is 1. The molecule has 27 heavy (non-hydrogen) atoms. The summed E-state index contributed by atoms with van der Waals surface area (Å²) in [5, 5.41) is 2.53. The Hall–Kier alpha value is -3.81. The van der Waals surface area contributed by atoms with Gasteiger partial charge in [-0.3, -0.25) is 14.6 Å². The first kappa shape index (κ1) is 18.0. The van der Waals surface area contributed by atoms with Crippen LogP contribution in [0.3, 0.4) is 0 Å². The molecule has 0 radical (unpaired) electrons. The fourth-order valence-corrected chi connectivity index (χ4v) is 2.37. The number of hydrogen-bond acceptors (Lipinski definition) is 6. The van der Waals surface area contributed by atoms with Crippen LogP contribution in [-0.2, 0) is 9.53 Å². The van der Waals surface area contributed by atoms with E-state index in [0.29, 0.717) is 11.0 Å². The molecule has 0 saturated carbocycles. The van der Waals surface area contributed by atoms with Crippen LogP contribution in [-0.4, -0.2) is 33.9 Å². The van der Waals surface area contributed by atoms with Gasteiger partial charge in [0.05, 0.1) is 28.5 Å². The molecule has 1 aromatic heterocycles. The van der Waals surface area contributed by atoms with Crippen molar-refractivity contribution in [3.05, 3.63) is 66.0 Å². The minimum Gasteiger partial charge on any atom is -0.448 e. The molecule has 8 nitrogen and oxygen atoms in total. The lowest BCUT2D eigenvalue weighted by Crippen LogP contribution is -2.31. The van der Waals surface area contributed by atoms with E-state index >= 15 is 0 Å². The van der Waals surface area contributed by atoms with Crippen LogP contribution in [0.4, 0.5) is 5.69 Å². The molecule has 0 fully saturated rings. The van der Waals surface area contributed by atoms with Crippen LogP contribution < -0.4 is 11.1 Å². The topological polar surface area (TPSA) is 124 Å². The van der Waals surface area contributed by atoms with Crippen molar-refractivity contribution >= 4 is 34.5 Å². The molecule has 2 aromatic carbocycles. The molecule has 136 valence electrons. The maximum atomic E-state index is 12.3. The van der Waals surface area contributed by atoms with Gasteiger partial charge < -0.3 is 15.8 Å². The highest BCUT2D eigenvalue weighted by Gasteiger charge is 2.21. The molecule has 3 N–H and O–H groups in total. The number of hydrogen-bond donors (Lipinski definition) is 2. The van der Waals surface area contributed by atoms with E-state index in [1.807, 2.05) is 6.07 Å². The van der Waals surface area contributed by atoms with Crippen LogP contribution in [0.25, 0.3) is 11.0 Å². The normalized spacial score (nSPS) is 11.6. The molecule has 0 saturated heterocycles. The van der Waals surface area contributed by atoms with E-state index in [4.69, 9.17) is 10.5 Å². The van der Waals surface area contributed by atoms with Gasteiger partial charge in [-0.1, -0.05) is 24.3 Å². The number of ether oxygens (including phenoxy) is 1. The number of nitrogens with one attached hydrogen (secondary N) is 1. The van der Waals surface area contributed by atoms with E-state index in [2.05, 4.69) is 15.3 Å². The molecule has 0 aliphatic rings. The fourth-order valence-electron chi connectivity index (χ4n) is 2.37. The summed E-state index contributed by atoms with van der Waals surface area (Å²) in [5.74, 6) is -2.06. The van der Waals surface area contributed by atoms with E-state index in [-0.39, 0.29) is 16.9 Å². The second kappa shape index (κ2) is 7.61. The summed E-state index contributed by atoms with van der Waals surface area (Å²) in [6, 6.07) is 13.4. The zero-order valence-electron chi connectivity index (χ0n) is 14.4. The summed E-state index contributed by atoms with van der Waals surface area (Å²) in [4.78, 5) is 44.3. The average molecular weight is 364 g/mol. The molecule has 0 bridgehead atoms. The van der Waals surface area contributed by atoms with E-state index in [9.17, 15) is 14.4 Å². The van der Waals surface area contributed by atoms with Crippen LogP contribution in [0.2, 0.25) is 0 Å². The Balaban J connectivity index is 1.70. The second-order valence-electron chi connectivity index (χ2n) is 5.69. The first-order valence-corrected chi connectivity index (χ1v) is 8.08. The molecule has 3 rings (SSSR count). The summed E-state index contributed by atoms with van der Waals surface area (Å²) < 4.78 is 5.15. The Kier molecular flexibility index (Phi) is 5.07. The van der Waals surface area contributed by atoms with Crippen LogP contribution in [0, 0.1) is 0 Å². The third kappa shape index (κ3) is 4.06. The SMILES string of the molecule is CC(OC(=O)c1cnc2ccccc2n1)C(=O)Nc1ccccc1C(N)=O. The molecule has 1 unspecified atom stereocenters. The van der Waals surface area contributed by atoms with Gasteiger partial charge in [-0.15, -0.1) is 0 Å². The van der Waals surface area contributed by atoms with Crippen molar-refractivity contribution in [3.63, 3.8) is 0 Å². The first-order chi connectivity index (χ1) is 13.0. The zero-order valence-corrected chi connectivity index (χ0v) is 14.4. The largest absolute Gasteiger partial charge is 0.448 e. The summed E-state index contributed by atoms with van der Waals surface area (Å²) >= 11 is 0. The molecular formula is C19H16N4O4. The van der Waals surface area contributed by atoms with Crippen molar-refractivity contribution < 1.29 is 19.1 Å². The van der Waals surface area contributed by atoms with Crippen molar-refractivity contribution in [1.29, 1.82) is 0 Å². The van der Waals surface area contributed by atoms with E-state index in [0.717, 1.165) is 0 Å². The van der Waals surface area contributed by atoms with Gasteiger partial charge in [0, 0.05) is 0 Å². The Morgan fingerprint density at radius 1 is 1.04 bits per heavy atom. The number of amides is 2. The van der Waals surface area contributed by atoms with Gasteiger partial charge in [0.2, 0.25) is 0 Å². The number of fused-ring (bicyclic) bond motifs is 1. The first-order valence-electron chi connectivity index (χ1n) is 8.08. The monoisotopic (exact) mass is 364 g/mol. The summed E-state index contributed by atoms with van der Waals surface area (Å²) in [7, 11) is 0. The molecule has 3 aromatic rings. The van der Waals surface area contributed by atoms with Gasteiger partial charge in [0.25, 0.3) is 11.8 Å². The minimum atomic E-state index is -1.12. The van der Waals surface area contributed by atoms with Crippen molar-refractivity contribution in [1.82, 2.24) is 9.97 Å². The van der Waals surface area contributed by atoms with Crippen molar-refractivity contribution in [2.75, 3.05) is 5.32 Å². The van der Waals surface area contributed by atoms with Gasteiger partial charge in [-0.25, -0.2) is 9.78 Å². The van der Waals surface area contributed by atoms with E-state index in [1.54, 1.807) is 30.3 Å². The smallest absolute Gasteiger partial charge is 0.359 e. The Morgan fingerprint density at radius 2 is 1.70 bits per heavy atom. The predicted molar refractivity (Wildman–Crippen MR) is 98.0 cm³/mol. The highest BCUT2D eigenvalue weighted by Crippen LogP contribution is 2.15. The molecular weight excluding hydrogens is 348 g/mol. The number of esters is 1. The number of nitrogens with two attached hydrogens (primary N) is 1. The Morgan fingerprint density at radius 3 is 2.44 bits per heavy atom. The lowest BCUT2D eigenvalue weighted by Gasteiger charge is -2.14. The summed E-state index contributed by atoms with van der Waals surface area (Å²) in [5.41, 5.74) is 6.85. The zero-order chi connectivity index (χ0) is 19.4. The van der Waals surface area contributed by atoms with E-state index in [1.165, 1.54) is 25.3 Å². The third-order valence-electron chi connectivity index (χ3n) is 3.76. The van der Waals surface area contributed by atoms with Crippen molar-refractivity contribution in [2.24, 2.45) is 5.73 Å². The standard InChI is InChI=1S/C19H16N4O4/c1-11(18(25)23-13-7-3-2-6-12(13)17(20)24)27-19(26)16-10-21-14-8-4-5-9-15(14)22-16/h2-11H,1H3,(H2,20,24)(H,23,25). The van der Waals surface area contributed by atoms with Crippen LogP contribution in [0.15, 0.2) is 54.7 Å². The number of rotatable bonds is 5. The Labute approximate surface area is 154 Å². The third-order valence-corrected chi connectivity index (χ3v) is 3.76. The van der Waals surface area contributed by atoms with Crippen LogP contribution in [0.1, 0.15) is 27.8 Å². The Bertz CT molecular complexity index is 1030. The molecule has 1 heterocycles. The predicted octanol–water partition coefficient (Wildman–Crippen LogP) is 1.91. The maximum Gasteiger partial charge on any atom is 0.359 e. The van der Waals surface area contributed by atoms with E-state index < -0.39 is 23.9 Å². The quantitative estimate of drug-likeness (QED) is 0.667. The van der Waals surface area contributed by atoms with Gasteiger partial charge in [-0.2, -0.15) is 0 Å². The second-order valence-corrected chi connectivity index (χ2v) is 5.69. The van der Waals surface area contributed by atoms with Gasteiger partial charge >= 0.3 is 5.97 Å². The summed E-state index contributed by atoms with van der Waals surface area (Å²) in [6.07, 6.45) is 0.171. The number of para-hydroxylation sites is 3. The number of nitrogens with zero attached hydrogens (tertiary/aromatic N) is 2. The number of carbonyl (C=O) groups excluding carboxylic acids is 3. The molecule has 0 aliphatic heterocycles. The molecule has 0 aliphatic carbocycles. The number of carbonyl (C=O) groups is 3. The van der Waals surface area contributed by atoms with Gasteiger partial charge in [0.15, 0.2) is 11.8 Å². The van der Waals surface area contributed by atoms with Gasteiger partial charge in [0.1, 0.15) is 0 Å². The number of benzene rings is 2. The van der Waals surface area contributed by atoms with Crippen molar-refractivity contribution in [3.8, 4) is 0 Å². The lowest BCUT2D eigenvalue weighted by atomic mass is 10.1. The average Bonchev–Trinajstić information content (AvgIpc) is 2.67. The number of anilines is 1. The van der Waals surface area contributed by atoms with Crippen LogP contribution >= 0.6 is 0 Å². The molecule has 2 amide bonds. The van der Waals surface area contributed by atoms with Crippen LogP contribution in [0.5, 0.6) is 0 Å². The molecule has 1 atom stereocenters. The summed E-state index contributed by atoms with van der Waals surface area (Å²) in [6.45, 7) is 1.41. The number of aromatic nitrogens is 2. The fraction of sp³-hybridized carbons (Fsp3) is 0.105. The highest BCUT2D eigenvalue weighted by molar-refractivity contribution is 6.04. The highest BCUT2D eigenvalue weighted by atomic mass is 16.5. The lowest BCUT2D eigenvalue weighted by molar-refractivity contribution is -0.123. The van der Waals surface area contributed by atoms with Gasteiger partial charge in [-0.05, 0) is 31.2 Å². The minimum absolute atomic E-state index is 0.00844.